The number of amides is 1. The van der Waals surface area contributed by atoms with Gasteiger partial charge in [0.1, 0.15) is 11.5 Å². The van der Waals surface area contributed by atoms with Crippen LogP contribution in [0, 0.1) is 12.7 Å². The molecule has 0 bridgehead atoms. The number of hydrogen-bond donors (Lipinski definition) is 1. The molecule has 1 N–H and O–H groups in total. The standard InChI is InChI=1S/C15H15FN2O/c1-11-3-2-4-14(18-11)15(19)17-10-9-12-5-7-13(16)8-6-12/h2-8H,9-10H2,1H3,(H,17,19). The van der Waals surface area contributed by atoms with Crippen LogP contribution in [0.25, 0.3) is 0 Å². The van der Waals surface area contributed by atoms with Gasteiger partial charge in [-0.05, 0) is 43.2 Å². The number of nitrogens with zero attached hydrogens (tertiary/aromatic N) is 1. The van der Waals surface area contributed by atoms with Gasteiger partial charge in [-0.3, -0.25) is 4.79 Å². The Balaban J connectivity index is 1.86. The summed E-state index contributed by atoms with van der Waals surface area (Å²) < 4.78 is 12.7. The van der Waals surface area contributed by atoms with E-state index in [1.807, 2.05) is 13.0 Å². The highest BCUT2D eigenvalue weighted by Crippen LogP contribution is 2.03. The van der Waals surface area contributed by atoms with E-state index in [4.69, 9.17) is 0 Å². The number of nitrogens with one attached hydrogen (secondary N) is 1. The van der Waals surface area contributed by atoms with Crippen molar-refractivity contribution >= 4 is 5.91 Å². The summed E-state index contributed by atoms with van der Waals surface area (Å²) in [6.45, 7) is 2.34. The molecule has 2 rings (SSSR count). The molecule has 4 heteroatoms. The van der Waals surface area contributed by atoms with E-state index in [2.05, 4.69) is 10.3 Å². The van der Waals surface area contributed by atoms with Gasteiger partial charge in [-0.25, -0.2) is 9.37 Å². The molecule has 0 aliphatic rings. The van der Waals surface area contributed by atoms with Crippen molar-refractivity contribution in [2.75, 3.05) is 6.54 Å². The highest BCUT2D eigenvalue weighted by molar-refractivity contribution is 5.92. The molecule has 0 aliphatic carbocycles. The Bertz CT molecular complexity index is 567. The second-order valence-corrected chi connectivity index (χ2v) is 4.30. The third-order valence-corrected chi connectivity index (χ3v) is 2.73. The maximum absolute atomic E-state index is 12.7. The van der Waals surface area contributed by atoms with Gasteiger partial charge in [-0.2, -0.15) is 0 Å². The molecular weight excluding hydrogens is 243 g/mol. The zero-order chi connectivity index (χ0) is 13.7. The summed E-state index contributed by atoms with van der Waals surface area (Å²) in [5.74, 6) is -0.442. The minimum Gasteiger partial charge on any atom is -0.350 e. The number of aryl methyl sites for hydroxylation is 1. The quantitative estimate of drug-likeness (QED) is 0.915. The Morgan fingerprint density at radius 1 is 1.21 bits per heavy atom. The van der Waals surface area contributed by atoms with Crippen LogP contribution in [-0.4, -0.2) is 17.4 Å². The summed E-state index contributed by atoms with van der Waals surface area (Å²) in [5.41, 5.74) is 2.21. The van der Waals surface area contributed by atoms with E-state index in [9.17, 15) is 9.18 Å². The molecule has 19 heavy (non-hydrogen) atoms. The number of pyridine rings is 1. The van der Waals surface area contributed by atoms with E-state index in [1.54, 1.807) is 24.3 Å². The van der Waals surface area contributed by atoms with Crippen molar-refractivity contribution in [3.63, 3.8) is 0 Å². The van der Waals surface area contributed by atoms with Gasteiger partial charge in [0.05, 0.1) is 0 Å². The predicted octanol–water partition coefficient (Wildman–Crippen LogP) is 2.50. The zero-order valence-electron chi connectivity index (χ0n) is 10.7. The lowest BCUT2D eigenvalue weighted by Gasteiger charge is -2.05. The second kappa shape index (κ2) is 6.09. The SMILES string of the molecule is Cc1cccc(C(=O)NCCc2ccc(F)cc2)n1. The Morgan fingerprint density at radius 2 is 1.95 bits per heavy atom. The Kier molecular flexibility index (Phi) is 4.23. The van der Waals surface area contributed by atoms with Crippen LogP contribution in [0.15, 0.2) is 42.5 Å². The molecule has 1 amide bonds. The maximum atomic E-state index is 12.7. The minimum absolute atomic E-state index is 0.189. The molecule has 0 saturated heterocycles. The summed E-state index contributed by atoms with van der Waals surface area (Å²) in [6, 6.07) is 11.6. The lowest BCUT2D eigenvalue weighted by molar-refractivity contribution is 0.0949. The third kappa shape index (κ3) is 3.88. The molecule has 1 aromatic carbocycles. The predicted molar refractivity (Wildman–Crippen MR) is 71.4 cm³/mol. The molecule has 0 radical (unpaired) electrons. The monoisotopic (exact) mass is 258 g/mol. The van der Waals surface area contributed by atoms with Crippen molar-refractivity contribution in [3.8, 4) is 0 Å². The van der Waals surface area contributed by atoms with Gasteiger partial charge in [0.2, 0.25) is 0 Å². The smallest absolute Gasteiger partial charge is 0.269 e. The first-order valence-electron chi connectivity index (χ1n) is 6.11. The van der Waals surface area contributed by atoms with E-state index in [-0.39, 0.29) is 11.7 Å². The van der Waals surface area contributed by atoms with Gasteiger partial charge in [0.25, 0.3) is 5.91 Å². The molecule has 3 nitrogen and oxygen atoms in total. The van der Waals surface area contributed by atoms with E-state index in [1.165, 1.54) is 12.1 Å². The maximum Gasteiger partial charge on any atom is 0.269 e. The second-order valence-electron chi connectivity index (χ2n) is 4.30. The van der Waals surface area contributed by atoms with Gasteiger partial charge in [-0.1, -0.05) is 18.2 Å². The summed E-state index contributed by atoms with van der Waals surface area (Å²) in [4.78, 5) is 16.0. The van der Waals surface area contributed by atoms with Gasteiger partial charge in [0, 0.05) is 12.2 Å². The number of hydrogen-bond acceptors (Lipinski definition) is 2. The highest BCUT2D eigenvalue weighted by Gasteiger charge is 2.06. The average Bonchev–Trinajstić information content (AvgIpc) is 2.41. The van der Waals surface area contributed by atoms with E-state index >= 15 is 0 Å². The minimum atomic E-state index is -0.253. The van der Waals surface area contributed by atoms with Crippen molar-refractivity contribution < 1.29 is 9.18 Å². The van der Waals surface area contributed by atoms with Gasteiger partial charge < -0.3 is 5.32 Å². The fourth-order valence-electron chi connectivity index (χ4n) is 1.73. The normalized spacial score (nSPS) is 10.2. The first kappa shape index (κ1) is 13.2. The Labute approximate surface area is 111 Å². The largest absolute Gasteiger partial charge is 0.350 e. The van der Waals surface area contributed by atoms with Crippen molar-refractivity contribution in [2.24, 2.45) is 0 Å². The van der Waals surface area contributed by atoms with Crippen LogP contribution in [0.2, 0.25) is 0 Å². The highest BCUT2D eigenvalue weighted by atomic mass is 19.1. The molecule has 1 heterocycles. The van der Waals surface area contributed by atoms with E-state index in [0.717, 1.165) is 11.3 Å². The molecule has 0 fully saturated rings. The fourth-order valence-corrected chi connectivity index (χ4v) is 1.73. The van der Waals surface area contributed by atoms with Crippen LogP contribution < -0.4 is 5.32 Å². The lowest BCUT2D eigenvalue weighted by atomic mass is 10.1. The fraction of sp³-hybridized carbons (Fsp3) is 0.200. The zero-order valence-corrected chi connectivity index (χ0v) is 10.7. The van der Waals surface area contributed by atoms with Crippen molar-refractivity contribution in [1.29, 1.82) is 0 Å². The number of aromatic nitrogens is 1. The Hall–Kier alpha value is -2.23. The topological polar surface area (TPSA) is 42.0 Å². The molecular formula is C15H15FN2O. The van der Waals surface area contributed by atoms with Gasteiger partial charge in [0.15, 0.2) is 0 Å². The van der Waals surface area contributed by atoms with Crippen LogP contribution in [0.3, 0.4) is 0 Å². The van der Waals surface area contributed by atoms with Gasteiger partial charge in [-0.15, -0.1) is 0 Å². The molecule has 2 aromatic rings. The van der Waals surface area contributed by atoms with Gasteiger partial charge >= 0.3 is 0 Å². The third-order valence-electron chi connectivity index (χ3n) is 2.73. The summed E-state index contributed by atoms with van der Waals surface area (Å²) in [7, 11) is 0. The van der Waals surface area contributed by atoms with Crippen LogP contribution in [0.1, 0.15) is 21.7 Å². The summed E-state index contributed by atoms with van der Waals surface area (Å²) >= 11 is 0. The Morgan fingerprint density at radius 3 is 2.63 bits per heavy atom. The summed E-state index contributed by atoms with van der Waals surface area (Å²) in [5, 5.41) is 2.79. The molecule has 1 aromatic heterocycles. The number of benzene rings is 1. The van der Waals surface area contributed by atoms with E-state index < -0.39 is 0 Å². The van der Waals surface area contributed by atoms with Crippen molar-refractivity contribution in [1.82, 2.24) is 10.3 Å². The van der Waals surface area contributed by atoms with Crippen molar-refractivity contribution in [3.05, 3.63) is 65.2 Å². The number of carbonyl (C=O) groups is 1. The average molecular weight is 258 g/mol. The first-order chi connectivity index (χ1) is 9.15. The van der Waals surface area contributed by atoms with Crippen LogP contribution in [-0.2, 0) is 6.42 Å². The summed E-state index contributed by atoms with van der Waals surface area (Å²) in [6.07, 6.45) is 0.665. The molecule has 0 aliphatic heterocycles. The number of carbonyl (C=O) groups excluding carboxylic acids is 1. The number of rotatable bonds is 4. The molecule has 0 spiro atoms. The van der Waals surface area contributed by atoms with Crippen LogP contribution in [0.4, 0.5) is 4.39 Å². The van der Waals surface area contributed by atoms with Crippen LogP contribution >= 0.6 is 0 Å². The molecule has 0 atom stereocenters. The lowest BCUT2D eigenvalue weighted by Crippen LogP contribution is -2.26. The van der Waals surface area contributed by atoms with Crippen LogP contribution in [0.5, 0.6) is 0 Å². The van der Waals surface area contributed by atoms with E-state index in [0.29, 0.717) is 18.7 Å². The molecule has 0 saturated carbocycles. The molecule has 98 valence electrons. The first-order valence-corrected chi connectivity index (χ1v) is 6.11. The van der Waals surface area contributed by atoms with Crippen molar-refractivity contribution in [2.45, 2.75) is 13.3 Å². The number of halogens is 1. The molecule has 0 unspecified atom stereocenters.